The van der Waals surface area contributed by atoms with Crippen LogP contribution in [0.5, 0.6) is 0 Å². The molecule has 0 atom stereocenters. The molecule has 29 heavy (non-hydrogen) atoms. The van der Waals surface area contributed by atoms with Gasteiger partial charge in [-0.1, -0.05) is 45.9 Å². The quantitative estimate of drug-likeness (QED) is 0.569. The molecule has 0 saturated heterocycles. The average Bonchev–Trinajstić information content (AvgIpc) is 2.85. The van der Waals surface area contributed by atoms with Crippen molar-refractivity contribution in [3.05, 3.63) is 64.8 Å². The average molecular weight is 474 g/mol. The predicted octanol–water partition coefficient (Wildman–Crippen LogP) is 5.11. The number of rotatable bonds is 6. The molecule has 0 spiro atoms. The van der Waals surface area contributed by atoms with Crippen LogP contribution in [0.15, 0.2) is 69.8 Å². The lowest BCUT2D eigenvalue weighted by atomic mass is 10.2. The third-order valence-corrected chi connectivity index (χ3v) is 5.23. The summed E-state index contributed by atoms with van der Waals surface area (Å²) in [6, 6.07) is 15.0. The highest BCUT2D eigenvalue weighted by Gasteiger charge is 2.15. The molecule has 0 saturated carbocycles. The number of carbonyl (C=O) groups excluding carboxylic acids is 2. The molecular formula is C21H20BrN3O3S. The first-order valence-electron chi connectivity index (χ1n) is 9.02. The van der Waals surface area contributed by atoms with Crippen LogP contribution in [0.3, 0.4) is 0 Å². The number of fused-ring (bicyclic) bond motifs is 1. The van der Waals surface area contributed by atoms with Crippen molar-refractivity contribution in [2.75, 3.05) is 23.0 Å². The second-order valence-corrected chi connectivity index (χ2v) is 8.00. The van der Waals surface area contributed by atoms with Gasteiger partial charge < -0.3 is 15.4 Å². The molecule has 0 unspecified atom stereocenters. The Labute approximate surface area is 181 Å². The Balaban J connectivity index is 1.71. The number of anilines is 2. The Morgan fingerprint density at radius 2 is 2.03 bits per heavy atom. The summed E-state index contributed by atoms with van der Waals surface area (Å²) in [4.78, 5) is 28.9. The number of thioether (sulfide) groups is 1. The van der Waals surface area contributed by atoms with E-state index in [1.54, 1.807) is 13.0 Å². The molecule has 2 aromatic carbocycles. The number of hydrogen-bond donors (Lipinski definition) is 2. The van der Waals surface area contributed by atoms with E-state index in [-0.39, 0.29) is 24.1 Å². The van der Waals surface area contributed by atoms with E-state index in [9.17, 15) is 9.59 Å². The summed E-state index contributed by atoms with van der Waals surface area (Å²) in [6.45, 7) is 2.10. The minimum Gasteiger partial charge on any atom is -0.466 e. The number of amides is 1. The van der Waals surface area contributed by atoms with Crippen molar-refractivity contribution in [2.24, 2.45) is 4.99 Å². The van der Waals surface area contributed by atoms with Gasteiger partial charge in [0, 0.05) is 15.9 Å². The van der Waals surface area contributed by atoms with Crippen LogP contribution in [0.1, 0.15) is 13.3 Å². The Hall–Kier alpha value is -2.58. The molecule has 1 amide bonds. The lowest BCUT2D eigenvalue weighted by Gasteiger charge is -2.10. The molecule has 0 bridgehead atoms. The zero-order valence-electron chi connectivity index (χ0n) is 15.8. The van der Waals surface area contributed by atoms with E-state index in [2.05, 4.69) is 31.6 Å². The van der Waals surface area contributed by atoms with Crippen molar-refractivity contribution in [3.63, 3.8) is 0 Å². The first-order chi connectivity index (χ1) is 14.0. The third kappa shape index (κ3) is 6.47. The minimum absolute atomic E-state index is 0.103. The van der Waals surface area contributed by atoms with Gasteiger partial charge in [0.25, 0.3) is 0 Å². The molecule has 2 N–H and O–H groups in total. The van der Waals surface area contributed by atoms with Crippen molar-refractivity contribution in [3.8, 4) is 0 Å². The fraction of sp³-hybridized carbons (Fsp3) is 0.190. The molecule has 1 aliphatic heterocycles. The van der Waals surface area contributed by atoms with Gasteiger partial charge in [-0.25, -0.2) is 4.99 Å². The van der Waals surface area contributed by atoms with Gasteiger partial charge in [-0.3, -0.25) is 9.59 Å². The van der Waals surface area contributed by atoms with E-state index in [0.717, 1.165) is 21.5 Å². The predicted molar refractivity (Wildman–Crippen MR) is 122 cm³/mol. The highest BCUT2D eigenvalue weighted by Crippen LogP contribution is 2.31. The third-order valence-electron chi connectivity index (χ3n) is 3.83. The van der Waals surface area contributed by atoms with Crippen molar-refractivity contribution in [1.82, 2.24) is 0 Å². The van der Waals surface area contributed by atoms with Crippen LogP contribution in [0, 0.1) is 0 Å². The highest BCUT2D eigenvalue weighted by atomic mass is 79.9. The van der Waals surface area contributed by atoms with Crippen LogP contribution in [-0.2, 0) is 14.3 Å². The van der Waals surface area contributed by atoms with Gasteiger partial charge >= 0.3 is 5.97 Å². The Morgan fingerprint density at radius 3 is 2.83 bits per heavy atom. The zero-order chi connectivity index (χ0) is 20.6. The van der Waals surface area contributed by atoms with Crippen LogP contribution in [0.25, 0.3) is 0 Å². The number of nitrogens with zero attached hydrogens (tertiary/aromatic N) is 1. The maximum atomic E-state index is 12.3. The first kappa shape index (κ1) is 21.1. The largest absolute Gasteiger partial charge is 0.466 e. The topological polar surface area (TPSA) is 79.8 Å². The summed E-state index contributed by atoms with van der Waals surface area (Å²) < 4.78 is 5.94. The second-order valence-electron chi connectivity index (χ2n) is 6.09. The minimum atomic E-state index is -0.317. The first-order valence-corrected chi connectivity index (χ1v) is 10.8. The van der Waals surface area contributed by atoms with Crippen molar-refractivity contribution >= 4 is 61.7 Å². The van der Waals surface area contributed by atoms with Crippen LogP contribution in [0.2, 0.25) is 0 Å². The van der Waals surface area contributed by atoms with Crippen LogP contribution in [-0.4, -0.2) is 29.3 Å². The van der Waals surface area contributed by atoms with Crippen LogP contribution in [0.4, 0.5) is 17.1 Å². The van der Waals surface area contributed by atoms with E-state index in [0.29, 0.717) is 17.3 Å². The molecule has 1 aliphatic rings. The number of halogens is 1. The van der Waals surface area contributed by atoms with Crippen LogP contribution < -0.4 is 10.6 Å². The molecule has 6 nitrogen and oxygen atoms in total. The lowest BCUT2D eigenvalue weighted by Crippen LogP contribution is -2.15. The molecule has 0 aromatic heterocycles. The summed E-state index contributed by atoms with van der Waals surface area (Å²) in [7, 11) is 0. The fourth-order valence-corrected chi connectivity index (χ4v) is 3.76. The van der Waals surface area contributed by atoms with Gasteiger partial charge in [-0.05, 0) is 43.3 Å². The number of esters is 1. The Morgan fingerprint density at radius 1 is 1.21 bits per heavy atom. The van der Waals surface area contributed by atoms with E-state index in [4.69, 9.17) is 4.74 Å². The number of ether oxygens (including phenoxy) is 1. The van der Waals surface area contributed by atoms with Gasteiger partial charge in [0.1, 0.15) is 0 Å². The summed E-state index contributed by atoms with van der Waals surface area (Å²) in [6.07, 6.45) is 1.89. The molecular weight excluding hydrogens is 454 g/mol. The van der Waals surface area contributed by atoms with E-state index in [1.165, 1.54) is 11.8 Å². The fourth-order valence-electron chi connectivity index (χ4n) is 2.63. The highest BCUT2D eigenvalue weighted by molar-refractivity contribution is 9.10. The van der Waals surface area contributed by atoms with Gasteiger partial charge in [-0.15, -0.1) is 0 Å². The van der Waals surface area contributed by atoms with E-state index in [1.807, 2.05) is 48.5 Å². The molecule has 8 heteroatoms. The standard InChI is InChI=1S/C21H20BrN3O3S/c1-2-28-21(27)12-16-11-20(25-18-9-4-3-8-17(18)23-16)29-13-19(26)24-15-7-5-6-14(22)10-15/h3-11,23H,2,12-13H2,1H3,(H,24,26). The zero-order valence-corrected chi connectivity index (χ0v) is 18.2. The summed E-state index contributed by atoms with van der Waals surface area (Å²) >= 11 is 4.69. The second kappa shape index (κ2) is 10.3. The summed E-state index contributed by atoms with van der Waals surface area (Å²) in [5.41, 5.74) is 2.94. The lowest BCUT2D eigenvalue weighted by molar-refractivity contribution is -0.142. The molecule has 0 aliphatic carbocycles. The smallest absolute Gasteiger partial charge is 0.311 e. The van der Waals surface area contributed by atoms with Crippen molar-refractivity contribution in [1.29, 1.82) is 0 Å². The Bertz CT molecular complexity index is 975. The summed E-state index contributed by atoms with van der Waals surface area (Å²) in [5, 5.41) is 6.75. The van der Waals surface area contributed by atoms with Gasteiger partial charge in [-0.2, -0.15) is 0 Å². The molecule has 1 heterocycles. The molecule has 2 aromatic rings. The number of hydrogen-bond acceptors (Lipinski definition) is 6. The van der Waals surface area contributed by atoms with E-state index >= 15 is 0 Å². The van der Waals surface area contributed by atoms with Crippen molar-refractivity contribution in [2.45, 2.75) is 13.3 Å². The Kier molecular flexibility index (Phi) is 7.48. The van der Waals surface area contributed by atoms with Crippen LogP contribution >= 0.6 is 27.7 Å². The number of nitrogens with one attached hydrogen (secondary N) is 2. The molecule has 0 fully saturated rings. The maximum Gasteiger partial charge on any atom is 0.311 e. The summed E-state index contributed by atoms with van der Waals surface area (Å²) in [5.74, 6) is -0.263. The monoisotopic (exact) mass is 473 g/mol. The van der Waals surface area contributed by atoms with Gasteiger partial charge in [0.05, 0.1) is 35.2 Å². The maximum absolute atomic E-state index is 12.3. The van der Waals surface area contributed by atoms with Gasteiger partial charge in [0.15, 0.2) is 0 Å². The normalized spacial score (nSPS) is 12.6. The van der Waals surface area contributed by atoms with Gasteiger partial charge in [0.2, 0.25) is 5.91 Å². The number of para-hydroxylation sites is 2. The number of aliphatic imine (C=N–C) groups is 1. The molecule has 0 radical (unpaired) electrons. The van der Waals surface area contributed by atoms with E-state index < -0.39 is 0 Å². The number of carbonyl (C=O) groups is 2. The van der Waals surface area contributed by atoms with Crippen molar-refractivity contribution < 1.29 is 14.3 Å². The number of benzene rings is 2. The molecule has 3 rings (SSSR count). The SMILES string of the molecule is CCOC(=O)CC1=CC(SCC(=O)Nc2cccc(Br)c2)=Nc2ccccc2N1. The molecule has 150 valence electrons.